The Morgan fingerprint density at radius 2 is 2.07 bits per heavy atom. The van der Waals surface area contributed by atoms with E-state index in [4.69, 9.17) is 37.8 Å². The van der Waals surface area contributed by atoms with Crippen LogP contribution < -0.4 is 0 Å². The Hall–Kier alpha value is -2.35. The third-order valence-electron chi connectivity index (χ3n) is 4.52. The highest BCUT2D eigenvalue weighted by Gasteiger charge is 2.26. The number of aromatic nitrogens is 1. The van der Waals surface area contributed by atoms with Gasteiger partial charge in [-0.05, 0) is 49.8 Å². The lowest BCUT2D eigenvalue weighted by Crippen LogP contribution is -2.40. The molecule has 0 atom stereocenters. The molecule has 0 saturated carbocycles. The standard InChI is InChI=1S/C20H19ClN2O4S/c1-2-25-19(24)4-3-9-22-20(28)23-15(12-26-22)10-18-16(23)11-17(27-18)13-5-7-14(21)8-6-13/h5-8,10-11H,2-4,9,12H2,1H3. The van der Waals surface area contributed by atoms with E-state index >= 15 is 0 Å². The van der Waals surface area contributed by atoms with Gasteiger partial charge < -0.3 is 9.15 Å². The molecule has 28 heavy (non-hydrogen) atoms. The molecule has 8 heteroatoms. The van der Waals surface area contributed by atoms with Crippen molar-refractivity contribution in [2.45, 2.75) is 26.4 Å². The summed E-state index contributed by atoms with van der Waals surface area (Å²) in [6, 6.07) is 11.4. The normalized spacial score (nSPS) is 13.8. The summed E-state index contributed by atoms with van der Waals surface area (Å²) >= 11 is 11.6. The van der Waals surface area contributed by atoms with E-state index in [1.54, 1.807) is 12.0 Å². The summed E-state index contributed by atoms with van der Waals surface area (Å²) in [4.78, 5) is 17.3. The van der Waals surface area contributed by atoms with Crippen LogP contribution in [-0.2, 0) is 21.0 Å². The van der Waals surface area contributed by atoms with Gasteiger partial charge in [0.05, 0.1) is 17.8 Å². The predicted octanol–water partition coefficient (Wildman–Crippen LogP) is 4.78. The average Bonchev–Trinajstić information content (AvgIpc) is 3.22. The van der Waals surface area contributed by atoms with Gasteiger partial charge in [-0.1, -0.05) is 11.6 Å². The molecule has 0 N–H and O–H groups in total. The van der Waals surface area contributed by atoms with E-state index in [9.17, 15) is 4.79 Å². The molecule has 0 spiro atoms. The van der Waals surface area contributed by atoms with Gasteiger partial charge in [-0.15, -0.1) is 0 Å². The monoisotopic (exact) mass is 418 g/mol. The maximum Gasteiger partial charge on any atom is 0.305 e. The number of benzene rings is 1. The minimum Gasteiger partial charge on any atom is -0.466 e. The molecule has 3 heterocycles. The topological polar surface area (TPSA) is 56.8 Å². The SMILES string of the molecule is CCOC(=O)CCCN1OCc2cc3oc(-c4ccc(Cl)cc4)cc3n2C1=S. The van der Waals surface area contributed by atoms with Crippen molar-refractivity contribution < 1.29 is 18.8 Å². The van der Waals surface area contributed by atoms with E-state index in [0.717, 1.165) is 28.1 Å². The molecule has 1 aliphatic rings. The van der Waals surface area contributed by atoms with Gasteiger partial charge in [0.25, 0.3) is 0 Å². The fraction of sp³-hybridized carbons (Fsp3) is 0.300. The van der Waals surface area contributed by atoms with Crippen molar-refractivity contribution in [1.82, 2.24) is 9.63 Å². The molecule has 3 aromatic rings. The molecule has 0 amide bonds. The molecule has 0 bridgehead atoms. The molecule has 0 unspecified atom stereocenters. The first-order chi connectivity index (χ1) is 13.6. The predicted molar refractivity (Wildman–Crippen MR) is 110 cm³/mol. The third kappa shape index (κ3) is 3.65. The van der Waals surface area contributed by atoms with Crippen LogP contribution in [0, 0.1) is 0 Å². The highest BCUT2D eigenvalue weighted by Crippen LogP contribution is 2.33. The number of esters is 1. The van der Waals surface area contributed by atoms with Crippen LogP contribution in [0.5, 0.6) is 0 Å². The van der Waals surface area contributed by atoms with Crippen molar-refractivity contribution >= 4 is 46.0 Å². The zero-order chi connectivity index (χ0) is 19.7. The number of carbonyl (C=O) groups is 1. The van der Waals surface area contributed by atoms with E-state index in [-0.39, 0.29) is 5.97 Å². The maximum atomic E-state index is 11.5. The molecule has 4 rings (SSSR count). The quantitative estimate of drug-likeness (QED) is 0.424. The number of hydrogen-bond donors (Lipinski definition) is 0. The molecule has 0 aliphatic carbocycles. The number of fused-ring (bicyclic) bond motifs is 3. The van der Waals surface area contributed by atoms with Crippen molar-refractivity contribution in [3.05, 3.63) is 47.1 Å². The van der Waals surface area contributed by atoms with E-state index in [0.29, 0.717) is 42.7 Å². The lowest BCUT2D eigenvalue weighted by Gasteiger charge is -2.30. The number of hydrogen-bond acceptors (Lipinski definition) is 5. The van der Waals surface area contributed by atoms with Crippen LogP contribution in [0.3, 0.4) is 0 Å². The maximum absolute atomic E-state index is 11.5. The fourth-order valence-electron chi connectivity index (χ4n) is 3.20. The lowest BCUT2D eigenvalue weighted by molar-refractivity contribution is -0.145. The van der Waals surface area contributed by atoms with Crippen LogP contribution in [0.15, 0.2) is 40.8 Å². The summed E-state index contributed by atoms with van der Waals surface area (Å²) in [6.07, 6.45) is 0.927. The second-order valence-electron chi connectivity index (χ2n) is 6.40. The molecule has 146 valence electrons. The summed E-state index contributed by atoms with van der Waals surface area (Å²) in [5, 5.41) is 2.86. The molecule has 0 fully saturated rings. The van der Waals surface area contributed by atoms with Crippen LogP contribution in [-0.4, -0.2) is 33.9 Å². The molecule has 1 aliphatic heterocycles. The van der Waals surface area contributed by atoms with Crippen LogP contribution in [0.2, 0.25) is 5.02 Å². The fourth-order valence-corrected chi connectivity index (χ4v) is 3.69. The highest BCUT2D eigenvalue weighted by molar-refractivity contribution is 7.80. The van der Waals surface area contributed by atoms with Crippen molar-refractivity contribution in [1.29, 1.82) is 0 Å². The molecule has 1 aromatic carbocycles. The first-order valence-electron chi connectivity index (χ1n) is 9.07. The summed E-state index contributed by atoms with van der Waals surface area (Å²) in [7, 11) is 0. The van der Waals surface area contributed by atoms with Crippen molar-refractivity contribution in [2.75, 3.05) is 13.2 Å². The van der Waals surface area contributed by atoms with E-state index < -0.39 is 0 Å². The van der Waals surface area contributed by atoms with Crippen LogP contribution in [0.25, 0.3) is 22.4 Å². The Labute approximate surface area is 172 Å². The highest BCUT2D eigenvalue weighted by atomic mass is 35.5. The second-order valence-corrected chi connectivity index (χ2v) is 7.21. The molecule has 0 radical (unpaired) electrons. The molecular weight excluding hydrogens is 400 g/mol. The third-order valence-corrected chi connectivity index (χ3v) is 5.15. The van der Waals surface area contributed by atoms with Crippen molar-refractivity contribution in [3.8, 4) is 11.3 Å². The number of ether oxygens (including phenoxy) is 1. The molecule has 6 nitrogen and oxygen atoms in total. The summed E-state index contributed by atoms with van der Waals surface area (Å²) in [6.45, 7) is 3.08. The molecular formula is C20H19ClN2O4S. The van der Waals surface area contributed by atoms with Crippen LogP contribution in [0.1, 0.15) is 25.5 Å². The summed E-state index contributed by atoms with van der Waals surface area (Å²) in [5.41, 5.74) is 3.52. The number of hydroxylamine groups is 2. The summed E-state index contributed by atoms with van der Waals surface area (Å²) < 4.78 is 12.9. The number of furan rings is 1. The summed E-state index contributed by atoms with van der Waals surface area (Å²) in [5.74, 6) is 0.539. The van der Waals surface area contributed by atoms with Gasteiger partial charge >= 0.3 is 5.97 Å². The number of halogens is 1. The zero-order valence-electron chi connectivity index (χ0n) is 15.3. The van der Waals surface area contributed by atoms with E-state index in [2.05, 4.69) is 0 Å². The molecule has 0 saturated heterocycles. The molecule has 2 aromatic heterocycles. The Morgan fingerprint density at radius 3 is 2.82 bits per heavy atom. The van der Waals surface area contributed by atoms with Crippen LogP contribution >= 0.6 is 23.8 Å². The first-order valence-corrected chi connectivity index (χ1v) is 9.86. The number of thiocarbonyl (C=S) groups is 1. The number of carbonyl (C=O) groups excluding carboxylic acids is 1. The van der Waals surface area contributed by atoms with Gasteiger partial charge in [-0.25, -0.2) is 5.06 Å². The average molecular weight is 419 g/mol. The van der Waals surface area contributed by atoms with Crippen LogP contribution in [0.4, 0.5) is 0 Å². The van der Waals surface area contributed by atoms with Gasteiger partial charge in [0.1, 0.15) is 12.4 Å². The van der Waals surface area contributed by atoms with Crippen molar-refractivity contribution in [2.24, 2.45) is 0 Å². The van der Waals surface area contributed by atoms with Gasteiger partial charge in [-0.2, -0.15) is 0 Å². The minimum atomic E-state index is -0.211. The van der Waals surface area contributed by atoms with Gasteiger partial charge in [0, 0.05) is 35.7 Å². The number of rotatable bonds is 6. The van der Waals surface area contributed by atoms with Gasteiger partial charge in [0.15, 0.2) is 5.58 Å². The van der Waals surface area contributed by atoms with E-state index in [1.807, 2.05) is 41.0 Å². The second kappa shape index (κ2) is 7.95. The van der Waals surface area contributed by atoms with E-state index in [1.165, 1.54) is 0 Å². The smallest absolute Gasteiger partial charge is 0.305 e. The Balaban J connectivity index is 1.53. The van der Waals surface area contributed by atoms with Gasteiger partial charge in [0.2, 0.25) is 5.11 Å². The number of nitrogens with zero attached hydrogens (tertiary/aromatic N) is 2. The van der Waals surface area contributed by atoms with Crippen molar-refractivity contribution in [3.63, 3.8) is 0 Å². The Kier molecular flexibility index (Phi) is 5.39. The zero-order valence-corrected chi connectivity index (χ0v) is 16.9. The largest absolute Gasteiger partial charge is 0.466 e. The minimum absolute atomic E-state index is 0.211. The van der Waals surface area contributed by atoms with Gasteiger partial charge in [-0.3, -0.25) is 14.2 Å². The Bertz CT molecular complexity index is 1020. The first kappa shape index (κ1) is 19.0. The lowest BCUT2D eigenvalue weighted by atomic mass is 10.2. The Morgan fingerprint density at radius 1 is 1.29 bits per heavy atom.